The van der Waals surface area contributed by atoms with Gasteiger partial charge in [-0.1, -0.05) is 0 Å². The van der Waals surface area contributed by atoms with E-state index in [0.29, 0.717) is 0 Å². The van der Waals surface area contributed by atoms with E-state index in [4.69, 9.17) is 5.73 Å². The lowest BCUT2D eigenvalue weighted by atomic mass is 10.2. The van der Waals surface area contributed by atoms with Crippen molar-refractivity contribution in [3.05, 3.63) is 45.8 Å². The van der Waals surface area contributed by atoms with Crippen molar-refractivity contribution in [2.45, 2.75) is 0 Å². The number of halogens is 2. The number of fused-ring (bicyclic) bond motifs is 1. The Kier molecular flexibility index (Phi) is 2.95. The van der Waals surface area contributed by atoms with Crippen LogP contribution in [0.25, 0.3) is 20.8 Å². The second-order valence-corrected chi connectivity index (χ2v) is 6.06. The molecule has 1 heterocycles. The van der Waals surface area contributed by atoms with Crippen molar-refractivity contribution < 1.29 is 4.39 Å². The number of nitrogen functional groups attached to an aromatic ring is 1. The van der Waals surface area contributed by atoms with Crippen LogP contribution in [-0.4, -0.2) is 4.98 Å². The Morgan fingerprint density at radius 2 is 2.00 bits per heavy atom. The quantitative estimate of drug-likeness (QED) is 0.513. The number of hydrogen-bond donors (Lipinski definition) is 1. The molecule has 2 aromatic carbocycles. The first-order chi connectivity index (χ1) is 8.63. The predicted molar refractivity (Wildman–Crippen MR) is 82.1 cm³/mol. The Bertz CT molecular complexity index is 739. The van der Waals surface area contributed by atoms with Crippen LogP contribution in [0.15, 0.2) is 36.4 Å². The molecule has 0 radical (unpaired) electrons. The summed E-state index contributed by atoms with van der Waals surface area (Å²) in [5.41, 5.74) is 8.35. The summed E-state index contributed by atoms with van der Waals surface area (Å²) < 4.78 is 15.0. The van der Waals surface area contributed by atoms with Gasteiger partial charge in [0.05, 0.1) is 10.2 Å². The van der Waals surface area contributed by atoms with Crippen LogP contribution in [-0.2, 0) is 0 Å². The molecular formula is C13H8FIN2S. The van der Waals surface area contributed by atoms with E-state index in [1.54, 1.807) is 17.4 Å². The van der Waals surface area contributed by atoms with Crippen molar-refractivity contribution in [2.75, 3.05) is 5.73 Å². The number of benzene rings is 2. The molecule has 0 fully saturated rings. The van der Waals surface area contributed by atoms with Gasteiger partial charge in [-0.05, 0) is 59.0 Å². The average molecular weight is 370 g/mol. The minimum absolute atomic E-state index is 0.228. The highest BCUT2D eigenvalue weighted by Crippen LogP contribution is 2.33. The third kappa shape index (κ3) is 2.08. The summed E-state index contributed by atoms with van der Waals surface area (Å²) in [5, 5.41) is 0.889. The molecule has 3 rings (SSSR count). The SMILES string of the molecule is Nc1ccc2nc(-c3ccc(F)cc3I)sc2c1. The van der Waals surface area contributed by atoms with Gasteiger partial charge in [0, 0.05) is 14.8 Å². The summed E-state index contributed by atoms with van der Waals surface area (Å²) in [6.07, 6.45) is 0. The van der Waals surface area contributed by atoms with Gasteiger partial charge in [-0.15, -0.1) is 11.3 Å². The van der Waals surface area contributed by atoms with Crippen LogP contribution in [0.1, 0.15) is 0 Å². The Balaban J connectivity index is 2.19. The molecule has 1 aromatic heterocycles. The highest BCUT2D eigenvalue weighted by molar-refractivity contribution is 14.1. The van der Waals surface area contributed by atoms with Gasteiger partial charge in [0.15, 0.2) is 0 Å². The summed E-state index contributed by atoms with van der Waals surface area (Å²) in [6.45, 7) is 0. The molecular weight excluding hydrogens is 362 g/mol. The number of thiazole rings is 1. The van der Waals surface area contributed by atoms with Crippen LogP contribution in [0, 0.1) is 9.39 Å². The lowest BCUT2D eigenvalue weighted by Gasteiger charge is -1.99. The van der Waals surface area contributed by atoms with Gasteiger partial charge >= 0.3 is 0 Å². The smallest absolute Gasteiger partial charge is 0.125 e. The molecule has 18 heavy (non-hydrogen) atoms. The zero-order chi connectivity index (χ0) is 12.7. The van der Waals surface area contributed by atoms with E-state index >= 15 is 0 Å². The highest BCUT2D eigenvalue weighted by Gasteiger charge is 2.10. The van der Waals surface area contributed by atoms with Crippen LogP contribution >= 0.6 is 33.9 Å². The first-order valence-electron chi connectivity index (χ1n) is 5.25. The summed E-state index contributed by atoms with van der Waals surface area (Å²) in [4.78, 5) is 4.55. The van der Waals surface area contributed by atoms with Crippen molar-refractivity contribution in [2.24, 2.45) is 0 Å². The van der Waals surface area contributed by atoms with Gasteiger partial charge in [0.25, 0.3) is 0 Å². The van der Waals surface area contributed by atoms with Crippen LogP contribution in [0.3, 0.4) is 0 Å². The van der Waals surface area contributed by atoms with E-state index < -0.39 is 0 Å². The molecule has 0 aliphatic rings. The summed E-state index contributed by atoms with van der Waals surface area (Å²) >= 11 is 3.69. The fraction of sp³-hybridized carbons (Fsp3) is 0. The largest absolute Gasteiger partial charge is 0.399 e. The maximum absolute atomic E-state index is 13.1. The zero-order valence-corrected chi connectivity index (χ0v) is 12.1. The maximum atomic E-state index is 13.1. The van der Waals surface area contributed by atoms with Gasteiger partial charge in [0.1, 0.15) is 10.8 Å². The normalized spacial score (nSPS) is 11.0. The van der Waals surface area contributed by atoms with Crippen molar-refractivity contribution in [3.8, 4) is 10.6 Å². The lowest BCUT2D eigenvalue weighted by molar-refractivity contribution is 0.627. The van der Waals surface area contributed by atoms with E-state index in [1.807, 2.05) is 18.2 Å². The summed E-state index contributed by atoms with van der Waals surface area (Å²) in [7, 11) is 0. The monoisotopic (exact) mass is 370 g/mol. The third-order valence-electron chi connectivity index (χ3n) is 2.57. The Labute approximate surface area is 121 Å². The Hall–Kier alpha value is -1.21. The fourth-order valence-electron chi connectivity index (χ4n) is 1.72. The van der Waals surface area contributed by atoms with E-state index in [0.717, 1.165) is 30.0 Å². The first kappa shape index (κ1) is 11.9. The van der Waals surface area contributed by atoms with Crippen LogP contribution in [0.2, 0.25) is 0 Å². The van der Waals surface area contributed by atoms with Crippen LogP contribution < -0.4 is 5.73 Å². The number of rotatable bonds is 1. The number of nitrogens with two attached hydrogens (primary N) is 1. The molecule has 0 amide bonds. The number of aromatic nitrogens is 1. The van der Waals surface area contributed by atoms with Gasteiger partial charge in [-0.3, -0.25) is 0 Å². The highest BCUT2D eigenvalue weighted by atomic mass is 127. The van der Waals surface area contributed by atoms with Crippen molar-refractivity contribution in [1.82, 2.24) is 4.98 Å². The molecule has 0 unspecified atom stereocenters. The summed E-state index contributed by atoms with van der Waals surface area (Å²) in [6, 6.07) is 10.4. The molecule has 0 saturated carbocycles. The molecule has 2 nitrogen and oxygen atoms in total. The Morgan fingerprint density at radius 3 is 2.78 bits per heavy atom. The van der Waals surface area contributed by atoms with Gasteiger partial charge < -0.3 is 5.73 Å². The van der Waals surface area contributed by atoms with Crippen molar-refractivity contribution >= 4 is 49.8 Å². The third-order valence-corrected chi connectivity index (χ3v) is 4.52. The molecule has 5 heteroatoms. The lowest BCUT2D eigenvalue weighted by Crippen LogP contribution is -1.83. The molecule has 0 bridgehead atoms. The fourth-order valence-corrected chi connectivity index (χ4v) is 3.69. The van der Waals surface area contributed by atoms with Gasteiger partial charge in [-0.25, -0.2) is 9.37 Å². The standard InChI is InChI=1S/C13H8FIN2S/c14-7-1-3-9(10(15)5-7)13-17-11-4-2-8(16)6-12(11)18-13/h1-6H,16H2. The van der Waals surface area contributed by atoms with Crippen LogP contribution in [0.5, 0.6) is 0 Å². The van der Waals surface area contributed by atoms with E-state index in [9.17, 15) is 4.39 Å². The van der Waals surface area contributed by atoms with Gasteiger partial charge in [0.2, 0.25) is 0 Å². The molecule has 90 valence electrons. The minimum Gasteiger partial charge on any atom is -0.399 e. The molecule has 0 aliphatic heterocycles. The zero-order valence-electron chi connectivity index (χ0n) is 9.15. The molecule has 0 aliphatic carbocycles. The van der Waals surface area contributed by atoms with Gasteiger partial charge in [-0.2, -0.15) is 0 Å². The molecule has 0 atom stereocenters. The topological polar surface area (TPSA) is 38.9 Å². The van der Waals surface area contributed by atoms with E-state index in [2.05, 4.69) is 27.6 Å². The summed E-state index contributed by atoms with van der Waals surface area (Å²) in [5.74, 6) is -0.228. The minimum atomic E-state index is -0.228. The molecule has 0 spiro atoms. The van der Waals surface area contributed by atoms with Crippen LogP contribution in [0.4, 0.5) is 10.1 Å². The predicted octanol–water partition coefficient (Wildman–Crippen LogP) is 4.29. The molecule has 3 aromatic rings. The molecule has 0 saturated heterocycles. The van der Waals surface area contributed by atoms with E-state index in [-0.39, 0.29) is 5.82 Å². The first-order valence-corrected chi connectivity index (χ1v) is 7.14. The number of anilines is 1. The maximum Gasteiger partial charge on any atom is 0.125 e. The number of nitrogens with zero attached hydrogens (tertiary/aromatic N) is 1. The molecule has 2 N–H and O–H groups in total. The number of hydrogen-bond acceptors (Lipinski definition) is 3. The second kappa shape index (κ2) is 4.47. The average Bonchev–Trinajstić information content (AvgIpc) is 2.71. The van der Waals surface area contributed by atoms with Crippen molar-refractivity contribution in [1.29, 1.82) is 0 Å². The second-order valence-electron chi connectivity index (χ2n) is 3.87. The Morgan fingerprint density at radius 1 is 1.17 bits per heavy atom. The van der Waals surface area contributed by atoms with Crippen molar-refractivity contribution in [3.63, 3.8) is 0 Å². The van der Waals surface area contributed by atoms with E-state index in [1.165, 1.54) is 12.1 Å².